The van der Waals surface area contributed by atoms with E-state index in [1.165, 1.54) is 12.8 Å². The monoisotopic (exact) mass is 248 g/mol. The zero-order chi connectivity index (χ0) is 11.9. The van der Waals surface area contributed by atoms with Gasteiger partial charge in [-0.05, 0) is 23.7 Å². The third-order valence-electron chi connectivity index (χ3n) is 3.62. The quantitative estimate of drug-likeness (QED) is 0.573. The maximum absolute atomic E-state index is 6.03. The number of hydrogen-bond acceptors (Lipinski definition) is 2. The van der Waals surface area contributed by atoms with Crippen LogP contribution < -0.4 is 4.48 Å². The third-order valence-corrected chi connectivity index (χ3v) is 3.79. The van der Waals surface area contributed by atoms with Crippen molar-refractivity contribution in [3.63, 3.8) is 0 Å². The van der Waals surface area contributed by atoms with Crippen LogP contribution in [0, 0.1) is 0 Å². The molecular weight excluding hydrogens is 234 g/mol. The molecule has 3 nitrogen and oxygen atoms in total. The van der Waals surface area contributed by atoms with Crippen molar-refractivity contribution in [3.05, 3.63) is 29.5 Å². The van der Waals surface area contributed by atoms with E-state index in [4.69, 9.17) is 11.6 Å². The Morgan fingerprint density at radius 2 is 1.82 bits per heavy atom. The molecule has 0 radical (unpaired) electrons. The number of benzene rings is 1. The number of quaternary nitrogens is 1. The van der Waals surface area contributed by atoms with E-state index >= 15 is 0 Å². The normalized spacial score (nSPS) is 18.7. The molecule has 0 spiro atoms. The molecule has 0 amide bonds. The lowest BCUT2D eigenvalue weighted by Crippen LogP contribution is -2.42. The highest BCUT2D eigenvalue weighted by Gasteiger charge is 2.33. The van der Waals surface area contributed by atoms with Gasteiger partial charge in [0, 0.05) is 12.8 Å². The molecule has 2 aromatic rings. The molecular formula is C13H15ClN3+. The van der Waals surface area contributed by atoms with Crippen molar-refractivity contribution in [1.82, 2.24) is 14.5 Å². The van der Waals surface area contributed by atoms with E-state index < -0.39 is 0 Å². The number of halogens is 1. The van der Waals surface area contributed by atoms with Gasteiger partial charge in [-0.15, -0.1) is 0 Å². The number of rotatable bonds is 1. The predicted molar refractivity (Wildman–Crippen MR) is 71.2 cm³/mol. The Morgan fingerprint density at radius 3 is 2.59 bits per heavy atom. The van der Waals surface area contributed by atoms with Crippen LogP contribution in [0.15, 0.2) is 24.3 Å². The van der Waals surface area contributed by atoms with Gasteiger partial charge < -0.3 is 0 Å². The van der Waals surface area contributed by atoms with Gasteiger partial charge in [-0.3, -0.25) is 4.48 Å². The van der Waals surface area contributed by atoms with Crippen LogP contribution in [0.1, 0.15) is 12.8 Å². The van der Waals surface area contributed by atoms with Gasteiger partial charge in [0.15, 0.2) is 0 Å². The van der Waals surface area contributed by atoms with Gasteiger partial charge in [-0.1, -0.05) is 12.1 Å². The van der Waals surface area contributed by atoms with Crippen LogP contribution in [-0.4, -0.2) is 30.1 Å². The molecule has 4 heteroatoms. The molecule has 1 fully saturated rings. The summed E-state index contributed by atoms with van der Waals surface area (Å²) in [4.78, 5) is 8.76. The molecule has 2 heterocycles. The smallest absolute Gasteiger partial charge is 0.239 e. The van der Waals surface area contributed by atoms with Crippen LogP contribution in [0.2, 0.25) is 5.28 Å². The Morgan fingerprint density at radius 1 is 1.12 bits per heavy atom. The molecule has 0 N–H and O–H groups in total. The molecule has 88 valence electrons. The molecule has 0 aliphatic carbocycles. The van der Waals surface area contributed by atoms with E-state index in [9.17, 15) is 0 Å². The van der Waals surface area contributed by atoms with Crippen LogP contribution in [0.4, 0.5) is 5.82 Å². The summed E-state index contributed by atoms with van der Waals surface area (Å²) in [5, 5.41) is 1.48. The van der Waals surface area contributed by atoms with Crippen molar-refractivity contribution in [2.45, 2.75) is 12.8 Å². The first-order chi connectivity index (χ1) is 8.19. The van der Waals surface area contributed by atoms with Gasteiger partial charge in [0.2, 0.25) is 11.1 Å². The number of hydrogen-bond donors (Lipinski definition) is 0. The molecule has 0 atom stereocenters. The first kappa shape index (κ1) is 10.9. The largest absolute Gasteiger partial charge is 0.276 e. The van der Waals surface area contributed by atoms with E-state index in [2.05, 4.69) is 23.1 Å². The minimum Gasteiger partial charge on any atom is -0.276 e. The Labute approximate surface area is 106 Å². The fraction of sp³-hybridized carbons (Fsp3) is 0.385. The molecule has 0 saturated carbocycles. The lowest BCUT2D eigenvalue weighted by atomic mass is 10.2. The zero-order valence-corrected chi connectivity index (χ0v) is 10.6. The van der Waals surface area contributed by atoms with E-state index in [0.717, 1.165) is 34.3 Å². The maximum Gasteiger partial charge on any atom is 0.239 e. The minimum atomic E-state index is 0.352. The van der Waals surface area contributed by atoms with Crippen molar-refractivity contribution in [1.29, 1.82) is 0 Å². The average molecular weight is 249 g/mol. The molecule has 1 aromatic heterocycles. The Bertz CT molecular complexity index is 562. The SMILES string of the molecule is C[N+]1(c2nc(Cl)nc3ccccc23)CCCC1. The number of para-hydroxylation sites is 1. The first-order valence-corrected chi connectivity index (χ1v) is 6.34. The summed E-state index contributed by atoms with van der Waals surface area (Å²) in [7, 11) is 2.23. The van der Waals surface area contributed by atoms with Gasteiger partial charge in [0.25, 0.3) is 0 Å². The van der Waals surface area contributed by atoms with Gasteiger partial charge in [-0.25, -0.2) is 4.98 Å². The van der Waals surface area contributed by atoms with E-state index in [-0.39, 0.29) is 0 Å². The molecule has 0 bridgehead atoms. The van der Waals surface area contributed by atoms with E-state index in [1.54, 1.807) is 0 Å². The van der Waals surface area contributed by atoms with Gasteiger partial charge in [0.1, 0.15) is 0 Å². The summed E-state index contributed by atoms with van der Waals surface area (Å²) in [6.45, 7) is 2.27. The van der Waals surface area contributed by atoms with Crippen LogP contribution in [0.5, 0.6) is 0 Å². The molecule has 1 aromatic carbocycles. The minimum absolute atomic E-state index is 0.352. The standard InChI is InChI=1S/C13H15ClN3/c1-17(8-4-5-9-17)12-10-6-2-3-7-11(10)15-13(14)16-12/h2-3,6-7H,4-5,8-9H2,1H3/q+1. The maximum atomic E-state index is 6.03. The predicted octanol–water partition coefficient (Wildman–Crippen LogP) is 3.01. The van der Waals surface area contributed by atoms with Crippen molar-refractivity contribution in [3.8, 4) is 0 Å². The third kappa shape index (κ3) is 1.79. The highest BCUT2D eigenvalue weighted by molar-refractivity contribution is 6.28. The highest BCUT2D eigenvalue weighted by atomic mass is 35.5. The molecule has 0 unspecified atom stereocenters. The van der Waals surface area contributed by atoms with Crippen LogP contribution in [-0.2, 0) is 0 Å². The average Bonchev–Trinajstić information content (AvgIpc) is 2.76. The number of likely N-dealkylation sites (tertiary alicyclic amines) is 1. The summed E-state index contributed by atoms with van der Waals surface area (Å²) in [6.07, 6.45) is 2.51. The topological polar surface area (TPSA) is 25.8 Å². The van der Waals surface area contributed by atoms with Crippen molar-refractivity contribution in [2.75, 3.05) is 20.1 Å². The van der Waals surface area contributed by atoms with E-state index in [1.807, 2.05) is 18.2 Å². The van der Waals surface area contributed by atoms with Crippen LogP contribution >= 0.6 is 11.6 Å². The molecule has 17 heavy (non-hydrogen) atoms. The summed E-state index contributed by atoms with van der Waals surface area (Å²) in [5.41, 5.74) is 0.939. The Kier molecular flexibility index (Phi) is 2.53. The lowest BCUT2D eigenvalue weighted by molar-refractivity contribution is 0.398. The van der Waals surface area contributed by atoms with Crippen molar-refractivity contribution in [2.24, 2.45) is 0 Å². The van der Waals surface area contributed by atoms with Gasteiger partial charge >= 0.3 is 0 Å². The summed E-state index contributed by atoms with van der Waals surface area (Å²) in [6, 6.07) is 8.10. The van der Waals surface area contributed by atoms with Gasteiger partial charge in [0.05, 0.1) is 31.0 Å². The summed E-state index contributed by atoms with van der Waals surface area (Å²) in [5.74, 6) is 1.07. The number of aromatic nitrogens is 2. The zero-order valence-electron chi connectivity index (χ0n) is 9.86. The fourth-order valence-corrected chi connectivity index (χ4v) is 2.86. The number of nitrogens with zero attached hydrogens (tertiary/aromatic N) is 3. The second kappa shape index (κ2) is 3.93. The molecule has 1 aliphatic rings. The van der Waals surface area contributed by atoms with Gasteiger partial charge in [-0.2, -0.15) is 4.98 Å². The molecule has 3 rings (SSSR count). The summed E-state index contributed by atoms with van der Waals surface area (Å²) < 4.78 is 0.878. The second-order valence-electron chi connectivity index (χ2n) is 4.88. The van der Waals surface area contributed by atoms with Crippen molar-refractivity contribution >= 4 is 28.3 Å². The Hall–Kier alpha value is -1.19. The van der Waals surface area contributed by atoms with Crippen LogP contribution in [0.25, 0.3) is 10.9 Å². The van der Waals surface area contributed by atoms with E-state index in [0.29, 0.717) is 5.28 Å². The summed E-state index contributed by atoms with van der Waals surface area (Å²) >= 11 is 6.03. The highest BCUT2D eigenvalue weighted by Crippen LogP contribution is 2.32. The number of fused-ring (bicyclic) bond motifs is 1. The van der Waals surface area contributed by atoms with Crippen molar-refractivity contribution < 1.29 is 0 Å². The molecule has 1 aliphatic heterocycles. The Balaban J connectivity index is 2.27. The fourth-order valence-electron chi connectivity index (χ4n) is 2.69. The molecule has 1 saturated heterocycles. The van der Waals surface area contributed by atoms with Crippen LogP contribution in [0.3, 0.4) is 0 Å². The second-order valence-corrected chi connectivity index (χ2v) is 5.22. The lowest BCUT2D eigenvalue weighted by Gasteiger charge is -2.28. The first-order valence-electron chi connectivity index (χ1n) is 5.96.